The summed E-state index contributed by atoms with van der Waals surface area (Å²) in [6, 6.07) is 12.7. The van der Waals surface area contributed by atoms with Crippen LogP contribution in [0.1, 0.15) is 42.4 Å². The molecule has 0 spiro atoms. The maximum absolute atomic E-state index is 12.7. The first kappa shape index (κ1) is 21.6. The van der Waals surface area contributed by atoms with Crippen molar-refractivity contribution in [3.63, 3.8) is 0 Å². The molecule has 2 aromatic carbocycles. The number of aliphatic hydroxyl groups excluding tert-OH is 1. The summed E-state index contributed by atoms with van der Waals surface area (Å²) >= 11 is 0. The fourth-order valence-electron chi connectivity index (χ4n) is 3.95. The number of aryl methyl sites for hydroxylation is 2. The summed E-state index contributed by atoms with van der Waals surface area (Å²) in [6.07, 6.45) is 2.51. The fraction of sp³-hybridized carbons (Fsp3) is 0.417. The van der Waals surface area contributed by atoms with Crippen molar-refractivity contribution in [3.8, 4) is 5.75 Å². The van der Waals surface area contributed by atoms with E-state index in [0.717, 1.165) is 31.2 Å². The lowest BCUT2D eigenvalue weighted by atomic mass is 9.84. The topological polar surface area (TPSA) is 63.6 Å². The molecule has 1 unspecified atom stereocenters. The maximum Gasteiger partial charge on any atom is 0.180 e. The van der Waals surface area contributed by atoms with Crippen molar-refractivity contribution >= 4 is 9.84 Å². The molecule has 2 aromatic rings. The Kier molecular flexibility index (Phi) is 6.81. The van der Waals surface area contributed by atoms with Gasteiger partial charge in [0.25, 0.3) is 0 Å². The zero-order valence-electron chi connectivity index (χ0n) is 17.2. The Morgan fingerprint density at radius 2 is 1.66 bits per heavy atom. The molecule has 0 aromatic heterocycles. The highest BCUT2D eigenvalue weighted by Crippen LogP contribution is 2.30. The molecule has 1 fully saturated rings. The number of hydrogen-bond acceptors (Lipinski definition) is 4. The molecule has 1 N–H and O–H groups in total. The molecular weight excluding hydrogens is 384 g/mol. The third-order valence-electron chi connectivity index (χ3n) is 5.54. The van der Waals surface area contributed by atoms with Gasteiger partial charge in [0.1, 0.15) is 12.4 Å². The van der Waals surface area contributed by atoms with Gasteiger partial charge in [-0.25, -0.2) is 8.42 Å². The van der Waals surface area contributed by atoms with Gasteiger partial charge in [0, 0.05) is 0 Å². The Hall–Kier alpha value is -2.11. The second-order valence-corrected chi connectivity index (χ2v) is 10.2. The van der Waals surface area contributed by atoms with E-state index in [0.29, 0.717) is 12.4 Å². The van der Waals surface area contributed by atoms with E-state index in [-0.39, 0.29) is 16.6 Å². The van der Waals surface area contributed by atoms with Crippen LogP contribution in [0.25, 0.3) is 0 Å². The van der Waals surface area contributed by atoms with E-state index in [4.69, 9.17) is 4.74 Å². The Balaban J connectivity index is 1.60. The number of hydrogen-bond donors (Lipinski definition) is 1. The maximum atomic E-state index is 12.7. The number of allylic oxidation sites excluding steroid dienone is 1. The zero-order chi connectivity index (χ0) is 21.0. The molecule has 3 rings (SSSR count). The summed E-state index contributed by atoms with van der Waals surface area (Å²) in [6.45, 7) is 8.50. The summed E-state index contributed by atoms with van der Waals surface area (Å²) in [7, 11) is -3.55. The molecule has 0 radical (unpaired) electrons. The van der Waals surface area contributed by atoms with Gasteiger partial charge in [-0.3, -0.25) is 0 Å². The number of sulfone groups is 1. The molecule has 0 heterocycles. The van der Waals surface area contributed by atoms with Crippen LogP contribution in [0.5, 0.6) is 5.75 Å². The monoisotopic (exact) mass is 414 g/mol. The second-order valence-electron chi connectivity index (χ2n) is 8.19. The van der Waals surface area contributed by atoms with Gasteiger partial charge in [-0.1, -0.05) is 41.5 Å². The van der Waals surface area contributed by atoms with Crippen molar-refractivity contribution in [1.29, 1.82) is 0 Å². The van der Waals surface area contributed by atoms with Crippen LogP contribution in [0.4, 0.5) is 0 Å². The number of benzene rings is 2. The molecular formula is C24H30O4S. The molecule has 0 amide bonds. The van der Waals surface area contributed by atoms with E-state index in [1.807, 2.05) is 13.8 Å². The predicted octanol–water partition coefficient (Wildman–Crippen LogP) is 4.76. The first-order valence-corrected chi connectivity index (χ1v) is 11.8. The SMILES string of the molecule is C=C1CCC(C(O)CS(=O)(=O)c2ccc(OCc3cc(C)cc(C)c3)cc2)CC1. The highest BCUT2D eigenvalue weighted by molar-refractivity contribution is 7.91. The third kappa shape index (κ3) is 5.94. The van der Waals surface area contributed by atoms with Crippen LogP contribution in [0.15, 0.2) is 59.5 Å². The van der Waals surface area contributed by atoms with Crippen LogP contribution < -0.4 is 4.74 Å². The molecule has 5 heteroatoms. The van der Waals surface area contributed by atoms with Gasteiger partial charge in [-0.15, -0.1) is 0 Å². The van der Waals surface area contributed by atoms with Gasteiger partial charge < -0.3 is 9.84 Å². The van der Waals surface area contributed by atoms with Crippen molar-refractivity contribution in [2.45, 2.75) is 57.1 Å². The summed E-state index contributed by atoms with van der Waals surface area (Å²) in [5.74, 6) is 0.400. The minimum atomic E-state index is -3.55. The lowest BCUT2D eigenvalue weighted by molar-refractivity contribution is 0.111. The summed E-state index contributed by atoms with van der Waals surface area (Å²) in [5, 5.41) is 10.4. The second kappa shape index (κ2) is 9.14. The molecule has 29 heavy (non-hydrogen) atoms. The smallest absolute Gasteiger partial charge is 0.180 e. The zero-order valence-corrected chi connectivity index (χ0v) is 18.0. The van der Waals surface area contributed by atoms with Crippen LogP contribution in [0, 0.1) is 19.8 Å². The van der Waals surface area contributed by atoms with Gasteiger partial charge in [-0.2, -0.15) is 0 Å². The van der Waals surface area contributed by atoms with Crippen LogP contribution in [-0.4, -0.2) is 25.4 Å². The molecule has 0 aliphatic heterocycles. The molecule has 156 valence electrons. The Morgan fingerprint density at radius 1 is 1.07 bits per heavy atom. The highest BCUT2D eigenvalue weighted by atomic mass is 32.2. The largest absolute Gasteiger partial charge is 0.489 e. The van der Waals surface area contributed by atoms with E-state index in [9.17, 15) is 13.5 Å². The summed E-state index contributed by atoms with van der Waals surface area (Å²) in [5.41, 5.74) is 4.64. The Labute approximate surface area is 174 Å². The van der Waals surface area contributed by atoms with Crippen molar-refractivity contribution in [3.05, 3.63) is 71.3 Å². The van der Waals surface area contributed by atoms with Crippen LogP contribution in [0.2, 0.25) is 0 Å². The lowest BCUT2D eigenvalue weighted by Crippen LogP contribution is -2.30. The van der Waals surface area contributed by atoms with Gasteiger partial charge in [0.05, 0.1) is 16.8 Å². The minimum absolute atomic E-state index is 0.0238. The van der Waals surface area contributed by atoms with Gasteiger partial charge in [-0.05, 0) is 75.3 Å². The lowest BCUT2D eigenvalue weighted by Gasteiger charge is -2.27. The van der Waals surface area contributed by atoms with E-state index in [1.165, 1.54) is 16.7 Å². The molecule has 4 nitrogen and oxygen atoms in total. The van der Waals surface area contributed by atoms with Crippen LogP contribution in [-0.2, 0) is 16.4 Å². The molecule has 1 aliphatic carbocycles. The fourth-order valence-corrected chi connectivity index (χ4v) is 5.42. The summed E-state index contributed by atoms with van der Waals surface area (Å²) < 4.78 is 31.2. The van der Waals surface area contributed by atoms with E-state index >= 15 is 0 Å². The first-order chi connectivity index (χ1) is 13.7. The number of ether oxygens (including phenoxy) is 1. The summed E-state index contributed by atoms with van der Waals surface area (Å²) in [4.78, 5) is 0.218. The Bertz CT molecular complexity index is 931. The highest BCUT2D eigenvalue weighted by Gasteiger charge is 2.28. The van der Waals surface area contributed by atoms with Crippen LogP contribution >= 0.6 is 0 Å². The average Bonchev–Trinajstić information content (AvgIpc) is 2.66. The van der Waals surface area contributed by atoms with Crippen molar-refractivity contribution in [2.24, 2.45) is 5.92 Å². The van der Waals surface area contributed by atoms with Gasteiger partial charge >= 0.3 is 0 Å². The van der Waals surface area contributed by atoms with E-state index < -0.39 is 15.9 Å². The standard InChI is InChI=1S/C24H30O4S/c1-17-4-6-21(7-5-17)24(25)16-29(26,27)23-10-8-22(9-11-23)28-15-20-13-18(2)12-19(3)14-20/h8-14,21,24-25H,1,4-7,15-16H2,2-3H3. The number of rotatable bonds is 7. The molecule has 1 aliphatic rings. The van der Waals surface area contributed by atoms with Crippen molar-refractivity contribution in [2.75, 3.05) is 5.75 Å². The third-order valence-corrected chi connectivity index (χ3v) is 7.31. The first-order valence-electron chi connectivity index (χ1n) is 10.1. The van der Waals surface area contributed by atoms with Crippen molar-refractivity contribution < 1.29 is 18.3 Å². The molecule has 1 atom stereocenters. The number of aliphatic hydroxyl groups is 1. The average molecular weight is 415 g/mol. The molecule has 1 saturated carbocycles. The quantitative estimate of drug-likeness (QED) is 0.663. The Morgan fingerprint density at radius 3 is 2.24 bits per heavy atom. The van der Waals surface area contributed by atoms with Crippen LogP contribution in [0.3, 0.4) is 0 Å². The minimum Gasteiger partial charge on any atom is -0.489 e. The van der Waals surface area contributed by atoms with Gasteiger partial charge in [0.2, 0.25) is 0 Å². The normalized spacial score (nSPS) is 16.6. The van der Waals surface area contributed by atoms with Gasteiger partial charge in [0.15, 0.2) is 9.84 Å². The van der Waals surface area contributed by atoms with E-state index in [1.54, 1.807) is 24.3 Å². The molecule has 0 saturated heterocycles. The molecule has 0 bridgehead atoms. The van der Waals surface area contributed by atoms with Crippen molar-refractivity contribution in [1.82, 2.24) is 0 Å². The predicted molar refractivity (Wildman–Crippen MR) is 116 cm³/mol. The van der Waals surface area contributed by atoms with E-state index in [2.05, 4.69) is 24.8 Å².